The van der Waals surface area contributed by atoms with E-state index in [2.05, 4.69) is 27.6 Å². The molecule has 0 unspecified atom stereocenters. The Morgan fingerprint density at radius 1 is 1.50 bits per heavy atom. The van der Waals surface area contributed by atoms with Crippen molar-refractivity contribution in [3.8, 4) is 0 Å². The number of amides is 1. The zero-order chi connectivity index (χ0) is 9.97. The van der Waals surface area contributed by atoms with Gasteiger partial charge in [0.15, 0.2) is 0 Å². The number of ether oxygens (including phenoxy) is 1. The Bertz CT molecular complexity index is 339. The topological polar surface area (TPSA) is 42.4 Å². The van der Waals surface area contributed by atoms with Gasteiger partial charge in [-0.1, -0.05) is 0 Å². The molecule has 0 atom stereocenters. The maximum Gasteiger partial charge on any atom is 0.253 e. The minimum Gasteiger partial charge on any atom is -0.370 e. The number of carbonyl (C=O) groups is 1. The van der Waals surface area contributed by atoms with Gasteiger partial charge in [0, 0.05) is 6.54 Å². The normalized spacial score (nSPS) is 17.2. The molecule has 0 radical (unpaired) electrons. The van der Waals surface area contributed by atoms with Gasteiger partial charge < -0.3 is 9.64 Å². The molecule has 0 aliphatic carbocycles. The van der Waals surface area contributed by atoms with Crippen LogP contribution in [0.1, 0.15) is 0 Å². The van der Waals surface area contributed by atoms with Crippen molar-refractivity contribution in [3.63, 3.8) is 0 Å². The minimum absolute atomic E-state index is 0.000687. The molecule has 14 heavy (non-hydrogen) atoms. The second-order valence-electron chi connectivity index (χ2n) is 2.94. The highest BCUT2D eigenvalue weighted by molar-refractivity contribution is 14.1. The molecule has 1 fully saturated rings. The number of hydrogen-bond acceptors (Lipinski definition) is 3. The molecule has 0 aromatic carbocycles. The molecule has 0 saturated carbocycles. The number of pyridine rings is 1. The van der Waals surface area contributed by atoms with E-state index in [1.54, 1.807) is 11.1 Å². The van der Waals surface area contributed by atoms with E-state index < -0.39 is 0 Å². The van der Waals surface area contributed by atoms with Gasteiger partial charge in [0.1, 0.15) is 10.3 Å². The third-order valence-electron chi connectivity index (χ3n) is 2.01. The first-order valence-electron chi connectivity index (χ1n) is 4.27. The van der Waals surface area contributed by atoms with E-state index in [0.29, 0.717) is 13.2 Å². The highest BCUT2D eigenvalue weighted by Crippen LogP contribution is 2.15. The SMILES string of the molecule is O=C1COCCN1c1ccc(I)nc1. The van der Waals surface area contributed by atoms with Crippen molar-refractivity contribution in [2.75, 3.05) is 24.7 Å². The summed E-state index contributed by atoms with van der Waals surface area (Å²) in [4.78, 5) is 17.3. The molecule has 0 spiro atoms. The molecule has 5 heteroatoms. The Balaban J connectivity index is 2.20. The summed E-state index contributed by atoms with van der Waals surface area (Å²) in [7, 11) is 0. The van der Waals surface area contributed by atoms with E-state index in [1.807, 2.05) is 12.1 Å². The van der Waals surface area contributed by atoms with Crippen molar-refractivity contribution in [2.24, 2.45) is 0 Å². The molecule has 1 aromatic heterocycles. The molecule has 1 aliphatic rings. The minimum atomic E-state index is -0.000687. The Morgan fingerprint density at radius 2 is 2.36 bits per heavy atom. The van der Waals surface area contributed by atoms with Crippen LogP contribution in [0.2, 0.25) is 0 Å². The number of halogens is 1. The van der Waals surface area contributed by atoms with Crippen molar-refractivity contribution < 1.29 is 9.53 Å². The zero-order valence-corrected chi connectivity index (χ0v) is 9.60. The zero-order valence-electron chi connectivity index (χ0n) is 7.44. The first-order chi connectivity index (χ1) is 6.77. The lowest BCUT2D eigenvalue weighted by atomic mass is 10.3. The molecule has 1 aromatic rings. The summed E-state index contributed by atoms with van der Waals surface area (Å²) in [6.07, 6.45) is 1.71. The van der Waals surface area contributed by atoms with Crippen LogP contribution in [0.4, 0.5) is 5.69 Å². The molecular weight excluding hydrogens is 295 g/mol. The monoisotopic (exact) mass is 304 g/mol. The van der Waals surface area contributed by atoms with E-state index in [0.717, 1.165) is 9.39 Å². The lowest BCUT2D eigenvalue weighted by Gasteiger charge is -2.26. The Morgan fingerprint density at radius 3 is 3.00 bits per heavy atom. The van der Waals surface area contributed by atoms with E-state index in [9.17, 15) is 4.79 Å². The molecule has 4 nitrogen and oxygen atoms in total. The smallest absolute Gasteiger partial charge is 0.253 e. The fourth-order valence-electron chi connectivity index (χ4n) is 1.32. The average molecular weight is 304 g/mol. The maximum absolute atomic E-state index is 11.5. The van der Waals surface area contributed by atoms with Crippen LogP contribution in [0.3, 0.4) is 0 Å². The fraction of sp³-hybridized carbons (Fsp3) is 0.333. The number of morpholine rings is 1. The summed E-state index contributed by atoms with van der Waals surface area (Å²) in [5.41, 5.74) is 0.846. The summed E-state index contributed by atoms with van der Waals surface area (Å²) in [5.74, 6) is -0.000687. The van der Waals surface area contributed by atoms with Crippen molar-refractivity contribution >= 4 is 34.2 Å². The molecule has 2 rings (SSSR count). The van der Waals surface area contributed by atoms with Gasteiger partial charge in [-0.05, 0) is 34.7 Å². The summed E-state index contributed by atoms with van der Waals surface area (Å²) >= 11 is 2.13. The van der Waals surface area contributed by atoms with E-state index in [-0.39, 0.29) is 12.5 Å². The molecular formula is C9H9IN2O2. The first kappa shape index (κ1) is 9.85. The molecule has 1 amide bonds. The molecule has 1 saturated heterocycles. The average Bonchev–Trinajstić information content (AvgIpc) is 2.20. The maximum atomic E-state index is 11.5. The Hall–Kier alpha value is -0.690. The number of carbonyl (C=O) groups excluding carboxylic acids is 1. The summed E-state index contributed by atoms with van der Waals surface area (Å²) in [6, 6.07) is 3.79. The highest BCUT2D eigenvalue weighted by atomic mass is 127. The van der Waals surface area contributed by atoms with Crippen LogP contribution in [0.15, 0.2) is 18.3 Å². The van der Waals surface area contributed by atoms with Gasteiger partial charge in [0.25, 0.3) is 5.91 Å². The largest absolute Gasteiger partial charge is 0.370 e. The second kappa shape index (κ2) is 4.22. The van der Waals surface area contributed by atoms with Crippen LogP contribution in [-0.2, 0) is 9.53 Å². The quantitative estimate of drug-likeness (QED) is 0.575. The number of aromatic nitrogens is 1. The van der Waals surface area contributed by atoms with Crippen LogP contribution >= 0.6 is 22.6 Å². The van der Waals surface area contributed by atoms with Gasteiger partial charge in [-0.2, -0.15) is 0 Å². The predicted molar refractivity (Wildman–Crippen MR) is 60.1 cm³/mol. The van der Waals surface area contributed by atoms with Crippen LogP contribution in [-0.4, -0.2) is 30.6 Å². The highest BCUT2D eigenvalue weighted by Gasteiger charge is 2.19. The van der Waals surface area contributed by atoms with Gasteiger partial charge in [-0.3, -0.25) is 4.79 Å². The second-order valence-corrected chi connectivity index (χ2v) is 4.04. The number of nitrogens with zero attached hydrogens (tertiary/aromatic N) is 2. The van der Waals surface area contributed by atoms with Gasteiger partial charge in [-0.25, -0.2) is 4.98 Å². The Labute approximate surface area is 95.4 Å². The number of rotatable bonds is 1. The Kier molecular flexibility index (Phi) is 2.97. The lowest BCUT2D eigenvalue weighted by Crippen LogP contribution is -2.41. The van der Waals surface area contributed by atoms with Gasteiger partial charge in [0.05, 0.1) is 18.5 Å². The van der Waals surface area contributed by atoms with Gasteiger partial charge >= 0.3 is 0 Å². The molecule has 74 valence electrons. The molecule has 0 bridgehead atoms. The van der Waals surface area contributed by atoms with Gasteiger partial charge in [-0.15, -0.1) is 0 Å². The summed E-state index contributed by atoms with van der Waals surface area (Å²) in [6.45, 7) is 1.38. The third-order valence-corrected chi connectivity index (χ3v) is 2.65. The molecule has 0 N–H and O–H groups in total. The standard InChI is InChI=1S/C9H9IN2O2/c10-8-2-1-7(5-11-8)12-3-4-14-6-9(12)13/h1-2,5H,3-4,6H2. The van der Waals surface area contributed by atoms with E-state index >= 15 is 0 Å². The summed E-state index contributed by atoms with van der Waals surface area (Å²) in [5, 5.41) is 0. The number of hydrogen-bond donors (Lipinski definition) is 0. The van der Waals surface area contributed by atoms with E-state index in [4.69, 9.17) is 4.74 Å². The summed E-state index contributed by atoms with van der Waals surface area (Å²) < 4.78 is 5.97. The van der Waals surface area contributed by atoms with Gasteiger partial charge in [0.2, 0.25) is 0 Å². The van der Waals surface area contributed by atoms with Crippen LogP contribution in [0.25, 0.3) is 0 Å². The third kappa shape index (κ3) is 2.03. The van der Waals surface area contributed by atoms with Crippen molar-refractivity contribution in [1.82, 2.24) is 4.98 Å². The molecule has 2 heterocycles. The molecule has 1 aliphatic heterocycles. The van der Waals surface area contributed by atoms with Crippen molar-refractivity contribution in [2.45, 2.75) is 0 Å². The van der Waals surface area contributed by atoms with Crippen molar-refractivity contribution in [1.29, 1.82) is 0 Å². The first-order valence-corrected chi connectivity index (χ1v) is 5.35. The predicted octanol–water partition coefficient (Wildman–Crippen LogP) is 1.05. The van der Waals surface area contributed by atoms with Crippen LogP contribution in [0.5, 0.6) is 0 Å². The number of anilines is 1. The van der Waals surface area contributed by atoms with Crippen molar-refractivity contribution in [3.05, 3.63) is 22.0 Å². The van der Waals surface area contributed by atoms with E-state index in [1.165, 1.54) is 0 Å². The van der Waals surface area contributed by atoms with Crippen LogP contribution < -0.4 is 4.90 Å². The lowest BCUT2D eigenvalue weighted by molar-refractivity contribution is -0.125. The fourth-order valence-corrected chi connectivity index (χ4v) is 1.64. The van der Waals surface area contributed by atoms with Crippen LogP contribution in [0, 0.1) is 3.70 Å².